The molecule has 1 saturated carbocycles. The number of carbonyl (C=O) groups excluding carboxylic acids is 1. The molecule has 1 aromatic carbocycles. The van der Waals surface area contributed by atoms with Gasteiger partial charge >= 0.3 is 0 Å². The fourth-order valence-corrected chi connectivity index (χ4v) is 6.15. The van der Waals surface area contributed by atoms with Crippen LogP contribution in [0.15, 0.2) is 29.3 Å². The number of hydrogen-bond acceptors (Lipinski definition) is 5. The molecule has 0 saturated heterocycles. The second-order valence-electron chi connectivity index (χ2n) is 8.01. The van der Waals surface area contributed by atoms with E-state index in [9.17, 15) is 9.18 Å². The molecule has 0 unspecified atom stereocenters. The van der Waals surface area contributed by atoms with E-state index in [0.717, 1.165) is 46.8 Å². The minimum Gasteiger partial charge on any atom is -0.323 e. The average Bonchev–Trinajstić information content (AvgIpc) is 3.48. The molecule has 0 radical (unpaired) electrons. The topological polar surface area (TPSA) is 54.9 Å². The number of amides is 1. The summed E-state index contributed by atoms with van der Waals surface area (Å²) in [6.07, 6.45) is 5.63. The zero-order chi connectivity index (χ0) is 20.0. The van der Waals surface area contributed by atoms with Gasteiger partial charge in [0.15, 0.2) is 0 Å². The maximum absolute atomic E-state index is 13.8. The minimum absolute atomic E-state index is 0.200. The molecule has 1 atom stereocenters. The first-order chi connectivity index (χ1) is 14.1. The first-order valence-electron chi connectivity index (χ1n) is 10.1. The number of fused-ring (bicyclic) bond motifs is 3. The smallest absolute Gasteiger partial charge is 0.234 e. The van der Waals surface area contributed by atoms with E-state index in [0.29, 0.717) is 11.8 Å². The van der Waals surface area contributed by atoms with Gasteiger partial charge < -0.3 is 5.32 Å². The third-order valence-electron chi connectivity index (χ3n) is 5.57. The zero-order valence-electron chi connectivity index (χ0n) is 16.2. The van der Waals surface area contributed by atoms with E-state index >= 15 is 0 Å². The van der Waals surface area contributed by atoms with Crippen molar-refractivity contribution in [1.29, 1.82) is 0 Å². The van der Waals surface area contributed by atoms with E-state index in [2.05, 4.69) is 12.2 Å². The summed E-state index contributed by atoms with van der Waals surface area (Å²) in [5.41, 5.74) is 1.59. The summed E-state index contributed by atoms with van der Waals surface area (Å²) in [4.78, 5) is 24.7. The molecular weight excluding hydrogens is 405 g/mol. The quantitative estimate of drug-likeness (QED) is 0.428. The normalized spacial score (nSPS) is 18.6. The lowest BCUT2D eigenvalue weighted by molar-refractivity contribution is -0.113. The number of benzene rings is 1. The standard InChI is InChI=1S/C22H22FN3OS2/c1-12-6-9-14-17(10-12)29-22-19(14)21(25-20(26-22)13-7-8-13)28-11-18(27)24-16-5-3-2-4-15(16)23/h2-5,12-13H,6-11H2,1H3,(H,24,27)/t12-/m1/s1. The van der Waals surface area contributed by atoms with E-state index in [1.165, 1.54) is 34.7 Å². The number of para-hydroxylation sites is 1. The van der Waals surface area contributed by atoms with Gasteiger partial charge in [0.25, 0.3) is 0 Å². The number of rotatable bonds is 5. The number of nitrogens with zero attached hydrogens (tertiary/aromatic N) is 2. The molecule has 0 spiro atoms. The fraction of sp³-hybridized carbons (Fsp3) is 0.409. The Morgan fingerprint density at radius 3 is 2.90 bits per heavy atom. The third-order valence-corrected chi connectivity index (χ3v) is 7.69. The molecule has 29 heavy (non-hydrogen) atoms. The Morgan fingerprint density at radius 2 is 2.10 bits per heavy atom. The van der Waals surface area contributed by atoms with Crippen molar-refractivity contribution in [3.63, 3.8) is 0 Å². The maximum atomic E-state index is 13.8. The first kappa shape index (κ1) is 19.0. The molecule has 1 N–H and O–H groups in total. The molecule has 2 aliphatic carbocycles. The SMILES string of the molecule is C[C@@H]1CCc2c(sc3nc(C4CC4)nc(SCC(=O)Nc4ccccc4F)c23)C1. The van der Waals surface area contributed by atoms with E-state index in [1.807, 2.05) is 0 Å². The van der Waals surface area contributed by atoms with Crippen molar-refractivity contribution in [3.8, 4) is 0 Å². The van der Waals surface area contributed by atoms with Gasteiger partial charge in [-0.25, -0.2) is 14.4 Å². The molecule has 7 heteroatoms. The summed E-state index contributed by atoms with van der Waals surface area (Å²) in [5.74, 6) is 1.63. The second kappa shape index (κ2) is 7.69. The number of aromatic nitrogens is 2. The average molecular weight is 428 g/mol. The van der Waals surface area contributed by atoms with Crippen LogP contribution >= 0.6 is 23.1 Å². The van der Waals surface area contributed by atoms with Crippen LogP contribution in [-0.4, -0.2) is 21.6 Å². The van der Waals surface area contributed by atoms with Crippen LogP contribution in [0.25, 0.3) is 10.2 Å². The number of thiophene rings is 1. The van der Waals surface area contributed by atoms with Crippen LogP contribution in [0.2, 0.25) is 0 Å². The van der Waals surface area contributed by atoms with Crippen LogP contribution < -0.4 is 5.32 Å². The van der Waals surface area contributed by atoms with Crippen molar-refractivity contribution in [3.05, 3.63) is 46.3 Å². The molecule has 2 aliphatic rings. The Balaban J connectivity index is 1.42. The largest absolute Gasteiger partial charge is 0.323 e. The van der Waals surface area contributed by atoms with E-state index < -0.39 is 5.82 Å². The van der Waals surface area contributed by atoms with Gasteiger partial charge in [0.2, 0.25) is 5.91 Å². The van der Waals surface area contributed by atoms with Crippen LogP contribution in [0.4, 0.5) is 10.1 Å². The van der Waals surface area contributed by atoms with Crippen molar-refractivity contribution in [2.75, 3.05) is 11.1 Å². The van der Waals surface area contributed by atoms with Gasteiger partial charge in [-0.15, -0.1) is 11.3 Å². The van der Waals surface area contributed by atoms with Gasteiger partial charge in [-0.2, -0.15) is 0 Å². The van der Waals surface area contributed by atoms with Crippen LogP contribution in [0.5, 0.6) is 0 Å². The Bertz CT molecular complexity index is 1090. The predicted octanol–water partition coefficient (Wildman–Crippen LogP) is 5.56. The summed E-state index contributed by atoms with van der Waals surface area (Å²) in [7, 11) is 0. The van der Waals surface area contributed by atoms with Crippen molar-refractivity contribution >= 4 is 44.9 Å². The lowest BCUT2D eigenvalue weighted by Gasteiger charge is -2.18. The number of anilines is 1. The highest BCUT2D eigenvalue weighted by Gasteiger charge is 2.30. The minimum atomic E-state index is -0.424. The Morgan fingerprint density at radius 1 is 1.28 bits per heavy atom. The van der Waals surface area contributed by atoms with E-state index in [4.69, 9.17) is 9.97 Å². The van der Waals surface area contributed by atoms with Gasteiger partial charge in [-0.1, -0.05) is 30.8 Å². The van der Waals surface area contributed by atoms with Gasteiger partial charge in [0.1, 0.15) is 21.5 Å². The lowest BCUT2D eigenvalue weighted by atomic mass is 9.89. The second-order valence-corrected chi connectivity index (χ2v) is 10.1. The fourth-order valence-electron chi connectivity index (χ4n) is 3.84. The van der Waals surface area contributed by atoms with E-state index in [-0.39, 0.29) is 17.3 Å². The molecule has 150 valence electrons. The Labute approximate surface area is 177 Å². The van der Waals surface area contributed by atoms with E-state index in [1.54, 1.807) is 29.5 Å². The predicted molar refractivity (Wildman–Crippen MR) is 116 cm³/mol. The maximum Gasteiger partial charge on any atom is 0.234 e. The molecule has 2 aromatic heterocycles. The Hall–Kier alpha value is -1.99. The van der Waals surface area contributed by atoms with Crippen LogP contribution in [0, 0.1) is 11.7 Å². The lowest BCUT2D eigenvalue weighted by Crippen LogP contribution is -2.15. The molecule has 1 fully saturated rings. The third kappa shape index (κ3) is 3.90. The molecule has 0 aliphatic heterocycles. The summed E-state index contributed by atoms with van der Waals surface area (Å²) in [6, 6.07) is 6.23. The van der Waals surface area contributed by atoms with Gasteiger partial charge in [0, 0.05) is 16.2 Å². The number of carbonyl (C=O) groups is 1. The van der Waals surface area contributed by atoms with Crippen molar-refractivity contribution in [2.24, 2.45) is 5.92 Å². The van der Waals surface area contributed by atoms with Crippen LogP contribution in [-0.2, 0) is 17.6 Å². The highest BCUT2D eigenvalue weighted by molar-refractivity contribution is 8.00. The number of aryl methyl sites for hydroxylation is 1. The highest BCUT2D eigenvalue weighted by Crippen LogP contribution is 2.44. The molecular formula is C22H22FN3OS2. The number of nitrogens with one attached hydrogen (secondary N) is 1. The summed E-state index contributed by atoms with van der Waals surface area (Å²) >= 11 is 3.24. The van der Waals surface area contributed by atoms with Crippen LogP contribution in [0.3, 0.4) is 0 Å². The van der Waals surface area contributed by atoms with Crippen molar-refractivity contribution in [2.45, 2.75) is 50.0 Å². The first-order valence-corrected chi connectivity index (χ1v) is 11.9. The van der Waals surface area contributed by atoms with Crippen LogP contribution in [0.1, 0.15) is 48.4 Å². The monoisotopic (exact) mass is 427 g/mol. The summed E-state index contributed by atoms with van der Waals surface area (Å²) in [5, 5.41) is 4.72. The van der Waals surface area contributed by atoms with Gasteiger partial charge in [-0.3, -0.25) is 4.79 Å². The summed E-state index contributed by atoms with van der Waals surface area (Å²) in [6.45, 7) is 2.30. The van der Waals surface area contributed by atoms with Crippen molar-refractivity contribution < 1.29 is 9.18 Å². The number of hydrogen-bond donors (Lipinski definition) is 1. The van der Waals surface area contributed by atoms with Gasteiger partial charge in [0.05, 0.1) is 11.4 Å². The number of thioether (sulfide) groups is 1. The van der Waals surface area contributed by atoms with Gasteiger partial charge in [-0.05, 0) is 55.7 Å². The molecule has 4 nitrogen and oxygen atoms in total. The Kier molecular flexibility index (Phi) is 5.04. The molecule has 0 bridgehead atoms. The molecule has 1 amide bonds. The number of halogens is 1. The molecule has 5 rings (SSSR count). The molecule has 3 aromatic rings. The van der Waals surface area contributed by atoms with Crippen molar-refractivity contribution in [1.82, 2.24) is 9.97 Å². The molecule has 2 heterocycles. The highest BCUT2D eigenvalue weighted by atomic mass is 32.2. The summed E-state index contributed by atoms with van der Waals surface area (Å²) < 4.78 is 13.8. The zero-order valence-corrected chi connectivity index (χ0v) is 17.8.